The van der Waals surface area contributed by atoms with Crippen LogP contribution in [0, 0.1) is 0 Å². The number of allylic oxidation sites excluding steroid dienone is 2. The van der Waals surface area contributed by atoms with Crippen LogP contribution < -0.4 is 0 Å². The SMILES string of the molecule is C=CCC/C=C/O[C@@H](C)c1c(C(C)C)cc(C(C)C)cc1C(C)C. The van der Waals surface area contributed by atoms with Gasteiger partial charge in [-0.3, -0.25) is 0 Å². The average molecular weight is 329 g/mol. The van der Waals surface area contributed by atoms with Gasteiger partial charge in [0.1, 0.15) is 6.10 Å². The summed E-state index contributed by atoms with van der Waals surface area (Å²) >= 11 is 0. The fraction of sp³-hybridized carbons (Fsp3) is 0.565. The molecule has 24 heavy (non-hydrogen) atoms. The third-order valence-electron chi connectivity index (χ3n) is 4.50. The molecular weight excluding hydrogens is 292 g/mol. The Bertz CT molecular complexity index is 520. The normalized spacial score (nSPS) is 13.2. The van der Waals surface area contributed by atoms with Gasteiger partial charge in [-0.2, -0.15) is 0 Å². The van der Waals surface area contributed by atoms with Crippen molar-refractivity contribution in [1.82, 2.24) is 0 Å². The first kappa shape index (κ1) is 20.5. The Hall–Kier alpha value is -1.50. The summed E-state index contributed by atoms with van der Waals surface area (Å²) in [6.45, 7) is 19.6. The second-order valence-corrected chi connectivity index (χ2v) is 7.59. The van der Waals surface area contributed by atoms with E-state index in [1.165, 1.54) is 22.3 Å². The van der Waals surface area contributed by atoms with Gasteiger partial charge in [0.2, 0.25) is 0 Å². The highest BCUT2D eigenvalue weighted by Gasteiger charge is 2.21. The molecule has 1 aromatic rings. The van der Waals surface area contributed by atoms with Crippen molar-refractivity contribution < 1.29 is 4.74 Å². The van der Waals surface area contributed by atoms with E-state index in [9.17, 15) is 0 Å². The highest BCUT2D eigenvalue weighted by Crippen LogP contribution is 2.36. The first-order chi connectivity index (χ1) is 11.3. The van der Waals surface area contributed by atoms with Gasteiger partial charge in [-0.1, -0.05) is 59.8 Å². The summed E-state index contributed by atoms with van der Waals surface area (Å²) in [5.41, 5.74) is 5.66. The molecule has 0 aromatic heterocycles. The Morgan fingerprint density at radius 2 is 1.42 bits per heavy atom. The van der Waals surface area contributed by atoms with E-state index in [4.69, 9.17) is 4.74 Å². The molecule has 0 amide bonds. The molecule has 0 aliphatic rings. The number of benzene rings is 1. The second kappa shape index (κ2) is 9.71. The van der Waals surface area contributed by atoms with Crippen LogP contribution in [-0.2, 0) is 4.74 Å². The molecule has 0 spiro atoms. The minimum Gasteiger partial charge on any atom is -0.494 e. The van der Waals surface area contributed by atoms with Crippen LogP contribution in [0.2, 0.25) is 0 Å². The molecule has 134 valence electrons. The first-order valence-corrected chi connectivity index (χ1v) is 9.38. The minimum absolute atomic E-state index is 0.0704. The quantitative estimate of drug-likeness (QED) is 0.257. The van der Waals surface area contributed by atoms with Crippen molar-refractivity contribution in [2.24, 2.45) is 0 Å². The Morgan fingerprint density at radius 1 is 0.875 bits per heavy atom. The van der Waals surface area contributed by atoms with Crippen LogP contribution in [0.25, 0.3) is 0 Å². The minimum atomic E-state index is 0.0704. The summed E-state index contributed by atoms with van der Waals surface area (Å²) in [5.74, 6) is 1.53. The molecule has 0 bridgehead atoms. The standard InChI is InChI=1S/C23H36O/c1-9-10-11-12-13-24-19(8)23-21(17(4)5)14-20(16(2)3)15-22(23)18(6)7/h9,12-19H,1,10-11H2,2-8H3/b13-12+/t19-/m0/s1. The zero-order valence-corrected chi connectivity index (χ0v) is 16.7. The third-order valence-corrected chi connectivity index (χ3v) is 4.50. The Balaban J connectivity index is 3.22. The van der Waals surface area contributed by atoms with Gasteiger partial charge in [-0.25, -0.2) is 0 Å². The van der Waals surface area contributed by atoms with Crippen LogP contribution in [0.3, 0.4) is 0 Å². The largest absolute Gasteiger partial charge is 0.494 e. The molecule has 1 atom stereocenters. The molecule has 1 nitrogen and oxygen atoms in total. The van der Waals surface area contributed by atoms with Crippen LogP contribution in [0.5, 0.6) is 0 Å². The van der Waals surface area contributed by atoms with Gasteiger partial charge in [0, 0.05) is 0 Å². The lowest BCUT2D eigenvalue weighted by molar-refractivity contribution is 0.161. The molecule has 0 saturated carbocycles. The lowest BCUT2D eigenvalue weighted by Crippen LogP contribution is -2.10. The summed E-state index contributed by atoms with van der Waals surface area (Å²) in [6.07, 6.45) is 7.93. The zero-order valence-electron chi connectivity index (χ0n) is 16.7. The van der Waals surface area contributed by atoms with Crippen LogP contribution in [0.15, 0.2) is 37.1 Å². The summed E-state index contributed by atoms with van der Waals surface area (Å²) in [4.78, 5) is 0. The van der Waals surface area contributed by atoms with Crippen molar-refractivity contribution in [1.29, 1.82) is 0 Å². The van der Waals surface area contributed by atoms with E-state index >= 15 is 0 Å². The van der Waals surface area contributed by atoms with Crippen molar-refractivity contribution >= 4 is 0 Å². The van der Waals surface area contributed by atoms with Crippen LogP contribution in [0.4, 0.5) is 0 Å². The van der Waals surface area contributed by atoms with E-state index in [2.05, 4.69) is 73.3 Å². The molecule has 1 heteroatoms. The van der Waals surface area contributed by atoms with E-state index in [1.807, 2.05) is 12.3 Å². The number of hydrogen-bond acceptors (Lipinski definition) is 1. The maximum atomic E-state index is 6.04. The highest BCUT2D eigenvalue weighted by atomic mass is 16.5. The average Bonchev–Trinajstić information content (AvgIpc) is 2.52. The number of rotatable bonds is 9. The molecule has 0 heterocycles. The lowest BCUT2D eigenvalue weighted by atomic mass is 9.82. The van der Waals surface area contributed by atoms with E-state index < -0.39 is 0 Å². The van der Waals surface area contributed by atoms with E-state index in [-0.39, 0.29) is 6.10 Å². The monoisotopic (exact) mass is 328 g/mol. The Morgan fingerprint density at radius 3 is 1.83 bits per heavy atom. The van der Waals surface area contributed by atoms with Crippen LogP contribution >= 0.6 is 0 Å². The summed E-state index contributed by atoms with van der Waals surface area (Å²) in [5, 5.41) is 0. The Kier molecular flexibility index (Phi) is 8.31. The fourth-order valence-corrected chi connectivity index (χ4v) is 3.00. The van der Waals surface area contributed by atoms with E-state index in [1.54, 1.807) is 0 Å². The van der Waals surface area contributed by atoms with Crippen molar-refractivity contribution in [3.63, 3.8) is 0 Å². The van der Waals surface area contributed by atoms with Crippen molar-refractivity contribution in [3.05, 3.63) is 59.4 Å². The lowest BCUT2D eigenvalue weighted by Gasteiger charge is -2.26. The van der Waals surface area contributed by atoms with Crippen molar-refractivity contribution in [2.45, 2.75) is 85.2 Å². The molecule has 0 N–H and O–H groups in total. The van der Waals surface area contributed by atoms with Gasteiger partial charge >= 0.3 is 0 Å². The zero-order chi connectivity index (χ0) is 18.3. The molecule has 0 saturated heterocycles. The second-order valence-electron chi connectivity index (χ2n) is 7.59. The maximum absolute atomic E-state index is 6.04. The Labute approximate surface area is 149 Å². The molecule has 0 aliphatic carbocycles. The topological polar surface area (TPSA) is 9.23 Å². The first-order valence-electron chi connectivity index (χ1n) is 9.38. The predicted octanol–water partition coefficient (Wildman–Crippen LogP) is 7.61. The van der Waals surface area contributed by atoms with E-state index in [0.29, 0.717) is 17.8 Å². The van der Waals surface area contributed by atoms with Crippen LogP contribution in [-0.4, -0.2) is 0 Å². The summed E-state index contributed by atoms with van der Waals surface area (Å²) in [6, 6.07) is 4.77. The number of hydrogen-bond donors (Lipinski definition) is 0. The van der Waals surface area contributed by atoms with Crippen molar-refractivity contribution in [3.8, 4) is 0 Å². The molecule has 1 rings (SSSR count). The summed E-state index contributed by atoms with van der Waals surface area (Å²) in [7, 11) is 0. The maximum Gasteiger partial charge on any atom is 0.121 e. The van der Waals surface area contributed by atoms with Crippen molar-refractivity contribution in [2.75, 3.05) is 0 Å². The smallest absolute Gasteiger partial charge is 0.121 e. The summed E-state index contributed by atoms with van der Waals surface area (Å²) < 4.78 is 6.04. The van der Waals surface area contributed by atoms with Gasteiger partial charge in [0.05, 0.1) is 6.26 Å². The van der Waals surface area contributed by atoms with Crippen LogP contribution in [0.1, 0.15) is 107 Å². The number of ether oxygens (including phenoxy) is 1. The van der Waals surface area contributed by atoms with Gasteiger partial charge in [0.25, 0.3) is 0 Å². The molecular formula is C23H36O. The molecule has 0 aliphatic heterocycles. The molecule has 1 aromatic carbocycles. The highest BCUT2D eigenvalue weighted by molar-refractivity contribution is 5.44. The van der Waals surface area contributed by atoms with Gasteiger partial charge < -0.3 is 4.74 Å². The van der Waals surface area contributed by atoms with Gasteiger partial charge in [0.15, 0.2) is 0 Å². The molecule has 0 unspecified atom stereocenters. The fourth-order valence-electron chi connectivity index (χ4n) is 3.00. The van der Waals surface area contributed by atoms with Gasteiger partial charge in [-0.05, 0) is 65.8 Å². The molecule has 0 radical (unpaired) electrons. The van der Waals surface area contributed by atoms with E-state index in [0.717, 1.165) is 12.8 Å². The van der Waals surface area contributed by atoms with Gasteiger partial charge in [-0.15, -0.1) is 6.58 Å². The predicted molar refractivity (Wildman–Crippen MR) is 107 cm³/mol. The molecule has 0 fully saturated rings. The third kappa shape index (κ3) is 5.54. The number of unbranched alkanes of at least 4 members (excludes halogenated alkanes) is 1.